The van der Waals surface area contributed by atoms with Crippen molar-refractivity contribution in [1.29, 1.82) is 0 Å². The van der Waals surface area contributed by atoms with Crippen LogP contribution in [0, 0.1) is 0 Å². The fourth-order valence-corrected chi connectivity index (χ4v) is 1.57. The smallest absolute Gasteiger partial charge is 0.243 e. The molecule has 0 bridgehead atoms. The van der Waals surface area contributed by atoms with Crippen molar-refractivity contribution in [1.82, 2.24) is 11.0 Å². The van der Waals surface area contributed by atoms with Crippen LogP contribution in [0.5, 0.6) is 0 Å². The van der Waals surface area contributed by atoms with E-state index in [0.29, 0.717) is 12.8 Å². The van der Waals surface area contributed by atoms with E-state index in [2.05, 4.69) is 0 Å². The first-order valence-electron chi connectivity index (χ1n) is 6.06. The number of unbranched alkanes of at least 4 members (excludes halogenated alkanes) is 6. The van der Waals surface area contributed by atoms with Crippen LogP contribution in [-0.4, -0.2) is 22.2 Å². The van der Waals surface area contributed by atoms with Crippen LogP contribution < -0.4 is 11.0 Å². The third kappa shape index (κ3) is 11.1. The van der Waals surface area contributed by atoms with Gasteiger partial charge >= 0.3 is 0 Å². The Balaban J connectivity index is 3.08. The first-order chi connectivity index (χ1) is 8.20. The van der Waals surface area contributed by atoms with E-state index in [9.17, 15) is 9.59 Å². The van der Waals surface area contributed by atoms with Gasteiger partial charge in [-0.3, -0.25) is 20.0 Å². The molecule has 0 radical (unpaired) electrons. The standard InChI is InChI=1S/C11H22N2O4/c14-10(12-16)8-6-4-2-1-3-5-7-9-11(15)13-17/h16-17H,1-9H2,(H,12,14)(H,13,15). The molecule has 0 aliphatic rings. The molecule has 2 amide bonds. The van der Waals surface area contributed by atoms with Crippen molar-refractivity contribution < 1.29 is 20.0 Å². The molecule has 0 aromatic carbocycles. The molecule has 0 atom stereocenters. The monoisotopic (exact) mass is 246 g/mol. The number of nitrogens with one attached hydrogen (secondary N) is 2. The Labute approximate surface area is 101 Å². The molecule has 100 valence electrons. The van der Waals surface area contributed by atoms with Gasteiger partial charge < -0.3 is 0 Å². The molecule has 0 spiro atoms. The summed E-state index contributed by atoms with van der Waals surface area (Å²) in [4.78, 5) is 21.3. The molecule has 0 unspecified atom stereocenters. The van der Waals surface area contributed by atoms with Gasteiger partial charge in [-0.2, -0.15) is 0 Å². The van der Waals surface area contributed by atoms with Gasteiger partial charge in [-0.1, -0.05) is 32.1 Å². The van der Waals surface area contributed by atoms with E-state index < -0.39 is 0 Å². The van der Waals surface area contributed by atoms with Gasteiger partial charge in [0.15, 0.2) is 0 Å². The highest BCUT2D eigenvalue weighted by atomic mass is 16.5. The van der Waals surface area contributed by atoms with Gasteiger partial charge in [0.1, 0.15) is 0 Å². The molecular weight excluding hydrogens is 224 g/mol. The molecule has 0 fully saturated rings. The highest BCUT2D eigenvalue weighted by molar-refractivity contribution is 5.74. The summed E-state index contributed by atoms with van der Waals surface area (Å²) in [5, 5.41) is 16.5. The summed E-state index contributed by atoms with van der Waals surface area (Å²) in [6, 6.07) is 0. The zero-order chi connectivity index (χ0) is 12.9. The average Bonchev–Trinajstić information content (AvgIpc) is 2.35. The maximum Gasteiger partial charge on any atom is 0.243 e. The van der Waals surface area contributed by atoms with Crippen molar-refractivity contribution in [3.8, 4) is 0 Å². The predicted octanol–water partition coefficient (Wildman–Crippen LogP) is 1.51. The predicted molar refractivity (Wildman–Crippen MR) is 61.4 cm³/mol. The van der Waals surface area contributed by atoms with Crippen LogP contribution in [-0.2, 0) is 9.59 Å². The minimum Gasteiger partial charge on any atom is -0.289 e. The molecule has 6 nitrogen and oxygen atoms in total. The number of carbonyl (C=O) groups excluding carboxylic acids is 2. The molecule has 0 aliphatic carbocycles. The van der Waals surface area contributed by atoms with Crippen molar-refractivity contribution in [3.05, 3.63) is 0 Å². The third-order valence-electron chi connectivity index (χ3n) is 2.56. The molecule has 4 N–H and O–H groups in total. The summed E-state index contributed by atoms with van der Waals surface area (Å²) in [6.07, 6.45) is 7.48. The molecule has 0 aromatic rings. The molecule has 0 aliphatic heterocycles. The van der Waals surface area contributed by atoms with Crippen molar-refractivity contribution in [2.75, 3.05) is 0 Å². The largest absolute Gasteiger partial charge is 0.289 e. The molecule has 0 aromatic heterocycles. The van der Waals surface area contributed by atoms with Gasteiger partial charge in [0, 0.05) is 12.8 Å². The fourth-order valence-electron chi connectivity index (χ4n) is 1.57. The summed E-state index contributed by atoms with van der Waals surface area (Å²) in [6.45, 7) is 0. The van der Waals surface area contributed by atoms with Crippen LogP contribution in [0.3, 0.4) is 0 Å². The third-order valence-corrected chi connectivity index (χ3v) is 2.56. The van der Waals surface area contributed by atoms with Crippen molar-refractivity contribution in [2.45, 2.75) is 57.8 Å². The Kier molecular flexibility index (Phi) is 10.6. The van der Waals surface area contributed by atoms with Crippen LogP contribution in [0.25, 0.3) is 0 Å². The lowest BCUT2D eigenvalue weighted by Gasteiger charge is -2.01. The summed E-state index contributed by atoms with van der Waals surface area (Å²) in [7, 11) is 0. The zero-order valence-electron chi connectivity index (χ0n) is 10.1. The van der Waals surface area contributed by atoms with E-state index in [1.165, 1.54) is 0 Å². The summed E-state index contributed by atoms with van der Waals surface area (Å²) >= 11 is 0. The Hall–Kier alpha value is -1.14. The maximum absolute atomic E-state index is 10.7. The quantitative estimate of drug-likeness (QED) is 0.267. The number of carbonyl (C=O) groups is 2. The lowest BCUT2D eigenvalue weighted by molar-refractivity contribution is -0.129. The number of hydroxylamine groups is 2. The van der Waals surface area contributed by atoms with Crippen LogP contribution in [0.2, 0.25) is 0 Å². The number of hydrogen-bond acceptors (Lipinski definition) is 4. The molecular formula is C11H22N2O4. The molecule has 0 heterocycles. The molecule has 0 rings (SSSR count). The van der Waals surface area contributed by atoms with Crippen molar-refractivity contribution in [2.24, 2.45) is 0 Å². The van der Waals surface area contributed by atoms with E-state index >= 15 is 0 Å². The first kappa shape index (κ1) is 15.9. The number of amides is 2. The van der Waals surface area contributed by atoms with Crippen LogP contribution >= 0.6 is 0 Å². The molecule has 6 heteroatoms. The maximum atomic E-state index is 10.7. The Morgan fingerprint density at radius 1 is 0.647 bits per heavy atom. The van der Waals surface area contributed by atoms with E-state index in [1.54, 1.807) is 11.0 Å². The van der Waals surface area contributed by atoms with Crippen LogP contribution in [0.1, 0.15) is 57.8 Å². The SMILES string of the molecule is O=C(CCCCCCCCCC(=O)NO)NO. The van der Waals surface area contributed by atoms with Gasteiger partial charge in [-0.25, -0.2) is 11.0 Å². The lowest BCUT2D eigenvalue weighted by Crippen LogP contribution is -2.17. The second-order valence-electron chi connectivity index (χ2n) is 4.04. The topological polar surface area (TPSA) is 98.7 Å². The summed E-state index contributed by atoms with van der Waals surface area (Å²) < 4.78 is 0. The van der Waals surface area contributed by atoms with Gasteiger partial charge in [-0.15, -0.1) is 0 Å². The molecule has 0 saturated carbocycles. The van der Waals surface area contributed by atoms with E-state index in [4.69, 9.17) is 10.4 Å². The zero-order valence-corrected chi connectivity index (χ0v) is 10.1. The summed E-state index contributed by atoms with van der Waals surface area (Å²) in [5.74, 6) is -0.667. The van der Waals surface area contributed by atoms with Gasteiger partial charge in [-0.05, 0) is 12.8 Å². The first-order valence-corrected chi connectivity index (χ1v) is 6.06. The minimum absolute atomic E-state index is 0.333. The number of hydrogen-bond donors (Lipinski definition) is 4. The van der Waals surface area contributed by atoms with Gasteiger partial charge in [0.25, 0.3) is 0 Å². The van der Waals surface area contributed by atoms with E-state index in [1.807, 2.05) is 0 Å². The van der Waals surface area contributed by atoms with Gasteiger partial charge in [0.2, 0.25) is 11.8 Å². The Morgan fingerprint density at radius 3 is 1.24 bits per heavy atom. The summed E-state index contributed by atoms with van der Waals surface area (Å²) in [5.41, 5.74) is 3.21. The molecule has 0 saturated heterocycles. The molecule has 17 heavy (non-hydrogen) atoms. The average molecular weight is 246 g/mol. The lowest BCUT2D eigenvalue weighted by atomic mass is 10.1. The Bertz CT molecular complexity index is 200. The fraction of sp³-hybridized carbons (Fsp3) is 0.818. The number of rotatable bonds is 10. The van der Waals surface area contributed by atoms with Gasteiger partial charge in [0.05, 0.1) is 0 Å². The van der Waals surface area contributed by atoms with E-state index in [-0.39, 0.29) is 11.8 Å². The van der Waals surface area contributed by atoms with E-state index in [0.717, 1.165) is 44.9 Å². The van der Waals surface area contributed by atoms with Crippen molar-refractivity contribution in [3.63, 3.8) is 0 Å². The normalized spacial score (nSPS) is 10.0. The van der Waals surface area contributed by atoms with Crippen molar-refractivity contribution >= 4 is 11.8 Å². The van der Waals surface area contributed by atoms with Crippen LogP contribution in [0.15, 0.2) is 0 Å². The van der Waals surface area contributed by atoms with Crippen LogP contribution in [0.4, 0.5) is 0 Å². The second-order valence-corrected chi connectivity index (χ2v) is 4.04. The minimum atomic E-state index is -0.333. The second kappa shape index (κ2) is 11.3. The highest BCUT2D eigenvalue weighted by Crippen LogP contribution is 2.09. The highest BCUT2D eigenvalue weighted by Gasteiger charge is 1.99. The Morgan fingerprint density at radius 2 is 0.941 bits per heavy atom.